The summed E-state index contributed by atoms with van der Waals surface area (Å²) in [7, 11) is 1.42. The molecule has 9 heteroatoms. The molecule has 0 aromatic heterocycles. The summed E-state index contributed by atoms with van der Waals surface area (Å²) in [6.45, 7) is 11.0. The number of hydrogen-bond donors (Lipinski definition) is 0. The number of hydrogen-bond acceptors (Lipinski definition) is 8. The fraction of sp³-hybridized carbons (Fsp3) is 0.600. The van der Waals surface area contributed by atoms with Crippen LogP contribution in [0, 0.1) is 5.41 Å². The molecule has 1 aromatic carbocycles. The van der Waals surface area contributed by atoms with Crippen molar-refractivity contribution in [2.75, 3.05) is 31.7 Å². The molecule has 0 saturated carbocycles. The molecule has 2 amide bonds. The monoisotopic (exact) mass is 478 g/mol. The third-order valence-electron chi connectivity index (χ3n) is 5.47. The highest BCUT2D eigenvalue weighted by Gasteiger charge is 2.49. The Hall–Kier alpha value is -2.94. The van der Waals surface area contributed by atoms with Crippen LogP contribution in [0.3, 0.4) is 0 Å². The molecule has 0 aliphatic carbocycles. The predicted molar refractivity (Wildman–Crippen MR) is 128 cm³/mol. The summed E-state index contributed by atoms with van der Waals surface area (Å²) < 4.78 is 10.7. The molecule has 1 atom stereocenters. The van der Waals surface area contributed by atoms with Gasteiger partial charge in [0.2, 0.25) is 11.8 Å². The normalized spacial score (nSPS) is 12.6. The van der Waals surface area contributed by atoms with E-state index in [2.05, 4.69) is 0 Å². The van der Waals surface area contributed by atoms with E-state index in [9.17, 15) is 19.2 Å². The standard InChI is InChI=1S/C25H38N2O7/c1-8-15-26(16-9-2)34-24(31)25(10-3,23(30)33-11-4)17-20-13-12-14-21(32-7)22(20)27(18(5)28)19(6)29/h12-14H,8-11,15-17H2,1-7H3. The highest BCUT2D eigenvalue weighted by molar-refractivity contribution is 6.14. The first-order chi connectivity index (χ1) is 16.1. The van der Waals surface area contributed by atoms with Crippen LogP contribution in [0.25, 0.3) is 0 Å². The van der Waals surface area contributed by atoms with Crippen molar-refractivity contribution in [1.29, 1.82) is 0 Å². The zero-order valence-electron chi connectivity index (χ0n) is 21.4. The van der Waals surface area contributed by atoms with Gasteiger partial charge in [0.15, 0.2) is 5.41 Å². The molecule has 1 aromatic rings. The van der Waals surface area contributed by atoms with E-state index in [1.807, 2.05) is 13.8 Å². The summed E-state index contributed by atoms with van der Waals surface area (Å²) in [5.41, 5.74) is -1.08. The van der Waals surface area contributed by atoms with E-state index < -0.39 is 29.2 Å². The van der Waals surface area contributed by atoms with E-state index in [0.29, 0.717) is 18.7 Å². The van der Waals surface area contributed by atoms with Crippen LogP contribution in [0.5, 0.6) is 5.75 Å². The van der Waals surface area contributed by atoms with Gasteiger partial charge in [-0.15, -0.1) is 5.06 Å². The SMILES string of the molecule is CCCN(CCC)OC(=O)C(CC)(Cc1cccc(OC)c1N(C(C)=O)C(C)=O)C(=O)OCC. The number of para-hydroxylation sites is 1. The van der Waals surface area contributed by atoms with E-state index in [1.54, 1.807) is 37.1 Å². The van der Waals surface area contributed by atoms with Gasteiger partial charge >= 0.3 is 11.9 Å². The summed E-state index contributed by atoms with van der Waals surface area (Å²) in [6.07, 6.45) is 1.47. The molecule has 0 saturated heterocycles. The van der Waals surface area contributed by atoms with Crippen molar-refractivity contribution in [3.63, 3.8) is 0 Å². The maximum absolute atomic E-state index is 13.5. The third-order valence-corrected chi connectivity index (χ3v) is 5.47. The van der Waals surface area contributed by atoms with E-state index in [-0.39, 0.29) is 30.9 Å². The maximum atomic E-state index is 13.5. The highest BCUT2D eigenvalue weighted by atomic mass is 16.7. The Bertz CT molecular complexity index is 851. The van der Waals surface area contributed by atoms with E-state index in [0.717, 1.165) is 17.7 Å². The molecule has 0 bridgehead atoms. The second kappa shape index (κ2) is 13.7. The van der Waals surface area contributed by atoms with Crippen LogP contribution < -0.4 is 9.64 Å². The number of rotatable bonds is 13. The number of benzene rings is 1. The Balaban J connectivity index is 3.67. The highest BCUT2D eigenvalue weighted by Crippen LogP contribution is 2.39. The van der Waals surface area contributed by atoms with Crippen molar-refractivity contribution < 1.29 is 33.5 Å². The van der Waals surface area contributed by atoms with Gasteiger partial charge in [-0.1, -0.05) is 32.9 Å². The Labute approximate surface area is 202 Å². The van der Waals surface area contributed by atoms with Gasteiger partial charge in [-0.2, -0.15) is 0 Å². The van der Waals surface area contributed by atoms with Crippen molar-refractivity contribution >= 4 is 29.4 Å². The zero-order valence-corrected chi connectivity index (χ0v) is 21.4. The van der Waals surface area contributed by atoms with Crippen molar-refractivity contribution in [1.82, 2.24) is 5.06 Å². The molecule has 190 valence electrons. The molecule has 0 aliphatic heterocycles. The first-order valence-corrected chi connectivity index (χ1v) is 11.7. The number of amides is 2. The number of hydroxylamine groups is 2. The number of imide groups is 1. The lowest BCUT2D eigenvalue weighted by atomic mass is 9.78. The number of carbonyl (C=O) groups is 4. The third kappa shape index (κ3) is 6.79. The molecule has 0 fully saturated rings. The van der Waals surface area contributed by atoms with Crippen LogP contribution in [0.15, 0.2) is 18.2 Å². The quantitative estimate of drug-likeness (QED) is 0.240. The van der Waals surface area contributed by atoms with Crippen molar-refractivity contribution in [2.24, 2.45) is 5.41 Å². The van der Waals surface area contributed by atoms with Crippen molar-refractivity contribution in [2.45, 2.75) is 67.2 Å². The van der Waals surface area contributed by atoms with E-state index >= 15 is 0 Å². The topological polar surface area (TPSA) is 102 Å². The predicted octanol–water partition coefficient (Wildman–Crippen LogP) is 3.68. The molecule has 0 N–H and O–H groups in total. The first kappa shape index (κ1) is 29.1. The zero-order chi connectivity index (χ0) is 25.9. The average Bonchev–Trinajstić information content (AvgIpc) is 2.78. The molecule has 0 aliphatic rings. The van der Waals surface area contributed by atoms with Crippen LogP contribution in [0.4, 0.5) is 5.69 Å². The molecule has 9 nitrogen and oxygen atoms in total. The van der Waals surface area contributed by atoms with Crippen LogP contribution in [-0.2, 0) is 35.2 Å². The molecule has 34 heavy (non-hydrogen) atoms. The Morgan fingerprint density at radius 2 is 1.50 bits per heavy atom. The number of nitrogens with zero attached hydrogens (tertiary/aromatic N) is 2. The minimum absolute atomic E-state index is 0.0828. The molecular weight excluding hydrogens is 440 g/mol. The molecule has 1 unspecified atom stereocenters. The summed E-state index contributed by atoms with van der Waals surface area (Å²) in [5.74, 6) is -2.22. The van der Waals surface area contributed by atoms with Gasteiger partial charge in [-0.05, 0) is 37.8 Å². The summed E-state index contributed by atoms with van der Waals surface area (Å²) in [6, 6.07) is 4.94. The molecule has 0 heterocycles. The van der Waals surface area contributed by atoms with Gasteiger partial charge < -0.3 is 14.3 Å². The Morgan fingerprint density at radius 1 is 0.912 bits per heavy atom. The lowest BCUT2D eigenvalue weighted by Gasteiger charge is -2.32. The Kier molecular flexibility index (Phi) is 11.7. The number of carbonyl (C=O) groups excluding carboxylic acids is 4. The molecular formula is C25H38N2O7. The average molecular weight is 479 g/mol. The van der Waals surface area contributed by atoms with Crippen LogP contribution in [0.2, 0.25) is 0 Å². The van der Waals surface area contributed by atoms with Gasteiger partial charge in [0.1, 0.15) is 5.75 Å². The van der Waals surface area contributed by atoms with Gasteiger partial charge in [0.05, 0.1) is 19.4 Å². The fourth-order valence-corrected chi connectivity index (χ4v) is 3.81. The first-order valence-electron chi connectivity index (χ1n) is 11.7. The minimum Gasteiger partial charge on any atom is -0.495 e. The van der Waals surface area contributed by atoms with Gasteiger partial charge in [0.25, 0.3) is 0 Å². The Morgan fingerprint density at radius 3 is 1.94 bits per heavy atom. The lowest BCUT2D eigenvalue weighted by Crippen LogP contribution is -2.47. The van der Waals surface area contributed by atoms with Crippen molar-refractivity contribution in [3.05, 3.63) is 23.8 Å². The van der Waals surface area contributed by atoms with Gasteiger partial charge in [0, 0.05) is 33.4 Å². The number of esters is 1. The van der Waals surface area contributed by atoms with Gasteiger partial charge in [-0.25, -0.2) is 9.69 Å². The summed E-state index contributed by atoms with van der Waals surface area (Å²) >= 11 is 0. The number of ether oxygens (including phenoxy) is 2. The molecule has 0 spiro atoms. The summed E-state index contributed by atoms with van der Waals surface area (Å²) in [5, 5.41) is 1.55. The lowest BCUT2D eigenvalue weighted by molar-refractivity contribution is -0.208. The second-order valence-corrected chi connectivity index (χ2v) is 7.98. The smallest absolute Gasteiger partial charge is 0.342 e. The second-order valence-electron chi connectivity index (χ2n) is 7.98. The van der Waals surface area contributed by atoms with Crippen LogP contribution in [-0.4, -0.2) is 55.6 Å². The number of anilines is 1. The van der Waals surface area contributed by atoms with Crippen LogP contribution >= 0.6 is 0 Å². The van der Waals surface area contributed by atoms with Crippen LogP contribution in [0.1, 0.15) is 66.4 Å². The fourth-order valence-electron chi connectivity index (χ4n) is 3.81. The molecule has 0 radical (unpaired) electrons. The van der Waals surface area contributed by atoms with Crippen molar-refractivity contribution in [3.8, 4) is 5.75 Å². The van der Waals surface area contributed by atoms with E-state index in [1.165, 1.54) is 21.0 Å². The summed E-state index contributed by atoms with van der Waals surface area (Å²) in [4.78, 5) is 58.2. The van der Waals surface area contributed by atoms with Gasteiger partial charge in [-0.3, -0.25) is 14.4 Å². The minimum atomic E-state index is -1.68. The maximum Gasteiger partial charge on any atom is 0.342 e. The largest absolute Gasteiger partial charge is 0.495 e. The van der Waals surface area contributed by atoms with E-state index in [4.69, 9.17) is 14.3 Å². The number of methoxy groups -OCH3 is 1. The molecule has 1 rings (SSSR count).